The second kappa shape index (κ2) is 9.76. The highest BCUT2D eigenvalue weighted by molar-refractivity contribution is 6.08. The summed E-state index contributed by atoms with van der Waals surface area (Å²) >= 11 is 0. The van der Waals surface area contributed by atoms with Crippen molar-refractivity contribution in [3.8, 4) is 22.7 Å². The van der Waals surface area contributed by atoms with E-state index in [0.29, 0.717) is 28.8 Å². The van der Waals surface area contributed by atoms with Gasteiger partial charge in [-0.15, -0.1) is 0 Å². The fraction of sp³-hybridized carbons (Fsp3) is 0.115. The minimum atomic E-state index is -1.10. The molecule has 0 saturated heterocycles. The van der Waals surface area contributed by atoms with Crippen molar-refractivity contribution in [2.75, 3.05) is 19.5 Å². The van der Waals surface area contributed by atoms with E-state index >= 15 is 0 Å². The van der Waals surface area contributed by atoms with Crippen LogP contribution in [0.4, 0.5) is 14.5 Å². The average Bonchev–Trinajstić information content (AvgIpc) is 3.31. The summed E-state index contributed by atoms with van der Waals surface area (Å²) in [6, 6.07) is 15.9. The zero-order chi connectivity index (χ0) is 25.1. The molecule has 3 aromatic carbocycles. The van der Waals surface area contributed by atoms with E-state index in [9.17, 15) is 18.4 Å². The van der Waals surface area contributed by atoms with Gasteiger partial charge in [0.1, 0.15) is 23.1 Å². The number of carbonyl (C=O) groups is 2. The number of aryl methyl sites for hydroxylation is 1. The van der Waals surface area contributed by atoms with E-state index in [1.807, 2.05) is 31.2 Å². The van der Waals surface area contributed by atoms with Crippen LogP contribution >= 0.6 is 0 Å². The molecule has 4 rings (SSSR count). The third kappa shape index (κ3) is 4.89. The summed E-state index contributed by atoms with van der Waals surface area (Å²) in [6.45, 7) is 1.95. The SMILES string of the molecule is COC(=O)c1cc(NC(=O)c2cn(-c3ccc(C)cc3)nc2-c2cccc(OC)c2)c(F)cc1F. The predicted octanol–water partition coefficient (Wildman–Crippen LogP) is 5.17. The molecule has 1 N–H and O–H groups in total. The minimum Gasteiger partial charge on any atom is -0.497 e. The van der Waals surface area contributed by atoms with Gasteiger partial charge in [0.2, 0.25) is 0 Å². The molecule has 0 spiro atoms. The lowest BCUT2D eigenvalue weighted by Crippen LogP contribution is -2.15. The molecular formula is C26H21F2N3O4. The first-order valence-electron chi connectivity index (χ1n) is 10.5. The zero-order valence-corrected chi connectivity index (χ0v) is 19.1. The number of ether oxygens (including phenoxy) is 2. The maximum Gasteiger partial charge on any atom is 0.340 e. The second-order valence-corrected chi connectivity index (χ2v) is 7.66. The maximum atomic E-state index is 14.5. The van der Waals surface area contributed by atoms with E-state index < -0.39 is 29.1 Å². The molecule has 0 bridgehead atoms. The number of hydrogen-bond acceptors (Lipinski definition) is 5. The molecule has 0 unspecified atom stereocenters. The van der Waals surface area contributed by atoms with Crippen LogP contribution in [-0.2, 0) is 4.74 Å². The summed E-state index contributed by atoms with van der Waals surface area (Å²) < 4.78 is 39.8. The number of anilines is 1. The quantitative estimate of drug-likeness (QED) is 0.387. The lowest BCUT2D eigenvalue weighted by molar-refractivity contribution is 0.0595. The van der Waals surface area contributed by atoms with Gasteiger partial charge in [-0.05, 0) is 37.3 Å². The zero-order valence-electron chi connectivity index (χ0n) is 19.1. The van der Waals surface area contributed by atoms with Crippen LogP contribution in [-0.4, -0.2) is 35.9 Å². The third-order valence-corrected chi connectivity index (χ3v) is 5.31. The van der Waals surface area contributed by atoms with Crippen molar-refractivity contribution in [1.29, 1.82) is 0 Å². The van der Waals surface area contributed by atoms with Crippen molar-refractivity contribution < 1.29 is 27.8 Å². The highest BCUT2D eigenvalue weighted by Gasteiger charge is 2.22. The standard InChI is InChI=1S/C26H21F2N3O4/c1-15-7-9-17(10-8-15)31-14-20(24(30-31)16-5-4-6-18(11-16)34-2)25(32)29-23-12-19(26(33)35-3)21(27)13-22(23)28/h4-14H,1-3H3,(H,29,32). The van der Waals surface area contributed by atoms with Gasteiger partial charge in [0.05, 0.1) is 36.7 Å². The van der Waals surface area contributed by atoms with Crippen LogP contribution in [0, 0.1) is 18.6 Å². The molecule has 9 heteroatoms. The number of halogens is 2. The van der Waals surface area contributed by atoms with Crippen molar-refractivity contribution in [3.05, 3.63) is 95.2 Å². The fourth-order valence-corrected chi connectivity index (χ4v) is 3.45. The van der Waals surface area contributed by atoms with Gasteiger partial charge in [-0.2, -0.15) is 5.10 Å². The largest absolute Gasteiger partial charge is 0.497 e. The molecule has 1 aromatic heterocycles. The van der Waals surface area contributed by atoms with E-state index in [1.165, 1.54) is 18.0 Å². The van der Waals surface area contributed by atoms with E-state index in [2.05, 4.69) is 15.2 Å². The highest BCUT2D eigenvalue weighted by Crippen LogP contribution is 2.28. The van der Waals surface area contributed by atoms with Gasteiger partial charge in [0.15, 0.2) is 0 Å². The van der Waals surface area contributed by atoms with Crippen LogP contribution in [0.1, 0.15) is 26.3 Å². The Labute approximate surface area is 199 Å². The Morgan fingerprint density at radius 3 is 2.37 bits per heavy atom. The summed E-state index contributed by atoms with van der Waals surface area (Å²) in [5, 5.41) is 7.00. The Morgan fingerprint density at radius 1 is 0.943 bits per heavy atom. The topological polar surface area (TPSA) is 82.5 Å². The van der Waals surface area contributed by atoms with Crippen LogP contribution in [0.2, 0.25) is 0 Å². The van der Waals surface area contributed by atoms with Crippen LogP contribution in [0.25, 0.3) is 16.9 Å². The Bertz CT molecular complexity index is 1410. The monoisotopic (exact) mass is 477 g/mol. The first-order chi connectivity index (χ1) is 16.8. The van der Waals surface area contributed by atoms with Crippen molar-refractivity contribution in [1.82, 2.24) is 9.78 Å². The van der Waals surface area contributed by atoms with E-state index in [4.69, 9.17) is 4.74 Å². The Balaban J connectivity index is 1.78. The Hall–Kier alpha value is -4.53. The number of hydrogen-bond donors (Lipinski definition) is 1. The van der Waals surface area contributed by atoms with Gasteiger partial charge < -0.3 is 14.8 Å². The molecule has 0 atom stereocenters. The van der Waals surface area contributed by atoms with Crippen molar-refractivity contribution >= 4 is 17.6 Å². The number of amides is 1. The highest BCUT2D eigenvalue weighted by atomic mass is 19.1. The number of esters is 1. The summed E-state index contributed by atoms with van der Waals surface area (Å²) in [6.07, 6.45) is 1.51. The van der Waals surface area contributed by atoms with Crippen molar-refractivity contribution in [2.24, 2.45) is 0 Å². The third-order valence-electron chi connectivity index (χ3n) is 5.31. The number of rotatable bonds is 6. The number of aromatic nitrogens is 2. The summed E-state index contributed by atoms with van der Waals surface area (Å²) in [7, 11) is 2.59. The number of carbonyl (C=O) groups excluding carboxylic acids is 2. The molecule has 0 aliphatic rings. The lowest BCUT2D eigenvalue weighted by atomic mass is 10.1. The van der Waals surface area contributed by atoms with Gasteiger partial charge in [-0.1, -0.05) is 29.8 Å². The number of nitrogens with zero attached hydrogens (tertiary/aromatic N) is 2. The van der Waals surface area contributed by atoms with Crippen LogP contribution in [0.15, 0.2) is 66.9 Å². The van der Waals surface area contributed by atoms with Crippen LogP contribution in [0.3, 0.4) is 0 Å². The van der Waals surface area contributed by atoms with Gasteiger partial charge in [-0.3, -0.25) is 4.79 Å². The van der Waals surface area contributed by atoms with E-state index in [1.54, 1.807) is 24.3 Å². The fourth-order valence-electron chi connectivity index (χ4n) is 3.45. The van der Waals surface area contributed by atoms with Gasteiger partial charge >= 0.3 is 5.97 Å². The molecule has 0 saturated carbocycles. The molecule has 1 amide bonds. The van der Waals surface area contributed by atoms with Gasteiger partial charge in [0.25, 0.3) is 5.91 Å². The average molecular weight is 477 g/mol. The minimum absolute atomic E-state index is 0.127. The predicted molar refractivity (Wildman–Crippen MR) is 126 cm³/mol. The summed E-state index contributed by atoms with van der Waals surface area (Å²) in [5.74, 6) is -3.29. The maximum absolute atomic E-state index is 14.5. The van der Waals surface area contributed by atoms with Crippen molar-refractivity contribution in [2.45, 2.75) is 6.92 Å². The normalized spacial score (nSPS) is 10.7. The van der Waals surface area contributed by atoms with Crippen LogP contribution in [0.5, 0.6) is 5.75 Å². The molecule has 7 nitrogen and oxygen atoms in total. The smallest absolute Gasteiger partial charge is 0.340 e. The van der Waals surface area contributed by atoms with E-state index in [-0.39, 0.29) is 11.3 Å². The lowest BCUT2D eigenvalue weighted by Gasteiger charge is -2.09. The number of benzene rings is 3. The molecular weight excluding hydrogens is 456 g/mol. The summed E-state index contributed by atoms with van der Waals surface area (Å²) in [4.78, 5) is 25.1. The molecule has 178 valence electrons. The Kier molecular flexibility index (Phi) is 6.59. The van der Waals surface area contributed by atoms with Crippen LogP contribution < -0.4 is 10.1 Å². The Morgan fingerprint density at radius 2 is 1.69 bits per heavy atom. The van der Waals surface area contributed by atoms with Crippen molar-refractivity contribution in [3.63, 3.8) is 0 Å². The molecule has 0 fully saturated rings. The van der Waals surface area contributed by atoms with Gasteiger partial charge in [0, 0.05) is 17.8 Å². The molecule has 35 heavy (non-hydrogen) atoms. The molecule has 0 radical (unpaired) electrons. The number of methoxy groups -OCH3 is 2. The number of nitrogens with one attached hydrogen (secondary N) is 1. The molecule has 0 aliphatic carbocycles. The second-order valence-electron chi connectivity index (χ2n) is 7.66. The summed E-state index contributed by atoms with van der Waals surface area (Å²) in [5.41, 5.74) is 1.92. The first kappa shape index (κ1) is 23.6. The van der Waals surface area contributed by atoms with Gasteiger partial charge in [-0.25, -0.2) is 18.3 Å². The first-order valence-corrected chi connectivity index (χ1v) is 10.5. The van der Waals surface area contributed by atoms with E-state index in [0.717, 1.165) is 18.7 Å². The molecule has 1 heterocycles. The molecule has 4 aromatic rings. The molecule has 0 aliphatic heterocycles.